The molecule has 15 heavy (non-hydrogen) atoms. The lowest BCUT2D eigenvalue weighted by Crippen LogP contribution is -2.46. The van der Waals surface area contributed by atoms with Crippen LogP contribution in [0.2, 0.25) is 0 Å². The van der Waals surface area contributed by atoms with Gasteiger partial charge in [0.05, 0.1) is 13.2 Å². The summed E-state index contributed by atoms with van der Waals surface area (Å²) >= 11 is 0. The number of nitrogens with two attached hydrogens (primary N) is 1. The second-order valence-corrected chi connectivity index (χ2v) is 4.04. The Morgan fingerprint density at radius 2 is 2.07 bits per heavy atom. The van der Waals surface area contributed by atoms with Gasteiger partial charge >= 0.3 is 0 Å². The van der Waals surface area contributed by atoms with E-state index in [-0.39, 0.29) is 0 Å². The molecule has 0 heterocycles. The van der Waals surface area contributed by atoms with Gasteiger partial charge in [0, 0.05) is 13.2 Å². The minimum Gasteiger partial charge on any atom is -0.383 e. The molecule has 0 spiro atoms. The van der Waals surface area contributed by atoms with Crippen LogP contribution in [0.25, 0.3) is 0 Å². The zero-order valence-electron chi connectivity index (χ0n) is 10.2. The largest absolute Gasteiger partial charge is 0.383 e. The third-order valence-corrected chi connectivity index (χ3v) is 1.91. The number of hydrazine groups is 1. The van der Waals surface area contributed by atoms with Crippen molar-refractivity contribution in [1.82, 2.24) is 10.7 Å². The average Bonchev–Trinajstić information content (AvgIpc) is 2.15. The molecular formula is C10H24N4O. The van der Waals surface area contributed by atoms with Crippen molar-refractivity contribution in [2.75, 3.05) is 20.3 Å². The van der Waals surface area contributed by atoms with E-state index < -0.39 is 0 Å². The van der Waals surface area contributed by atoms with Crippen molar-refractivity contribution in [3.8, 4) is 0 Å². The Morgan fingerprint density at radius 3 is 2.53 bits per heavy atom. The first-order chi connectivity index (χ1) is 7.10. The number of nitrogens with one attached hydrogen (secondary N) is 2. The van der Waals surface area contributed by atoms with E-state index in [4.69, 9.17) is 10.6 Å². The van der Waals surface area contributed by atoms with E-state index in [1.165, 1.54) is 0 Å². The zero-order chi connectivity index (χ0) is 11.7. The van der Waals surface area contributed by atoms with E-state index in [0.717, 1.165) is 6.42 Å². The molecule has 0 aromatic carbocycles. The van der Waals surface area contributed by atoms with Crippen molar-refractivity contribution in [2.45, 2.75) is 33.2 Å². The highest BCUT2D eigenvalue weighted by molar-refractivity contribution is 5.79. The molecule has 4 N–H and O–H groups in total. The maximum Gasteiger partial charge on any atom is 0.206 e. The Labute approximate surface area is 92.4 Å². The van der Waals surface area contributed by atoms with Crippen LogP contribution < -0.4 is 16.6 Å². The Kier molecular flexibility index (Phi) is 8.04. The van der Waals surface area contributed by atoms with Gasteiger partial charge in [-0.05, 0) is 19.3 Å². The highest BCUT2D eigenvalue weighted by Crippen LogP contribution is 2.03. The van der Waals surface area contributed by atoms with Crippen LogP contribution in [-0.2, 0) is 4.74 Å². The standard InChI is InChI=1S/C10H24N4O/c1-8(2)7-9(3)13-10(14-11)12-5-6-15-4/h8-9H,5-7,11H2,1-4H3,(H2,12,13,14). The second-order valence-electron chi connectivity index (χ2n) is 4.04. The van der Waals surface area contributed by atoms with Crippen LogP contribution in [0.4, 0.5) is 0 Å². The van der Waals surface area contributed by atoms with Gasteiger partial charge in [0.15, 0.2) is 0 Å². The van der Waals surface area contributed by atoms with Gasteiger partial charge in [-0.25, -0.2) is 10.8 Å². The second kappa shape index (κ2) is 8.49. The Bertz CT molecular complexity index is 182. The first-order valence-corrected chi connectivity index (χ1v) is 5.36. The van der Waals surface area contributed by atoms with E-state index in [2.05, 4.69) is 36.5 Å². The van der Waals surface area contributed by atoms with Crippen LogP contribution in [0.3, 0.4) is 0 Å². The lowest BCUT2D eigenvalue weighted by molar-refractivity contribution is 0.208. The minimum absolute atomic E-state index is 0.363. The minimum atomic E-state index is 0.363. The number of ether oxygens (including phenoxy) is 1. The summed E-state index contributed by atoms with van der Waals surface area (Å²) in [5.41, 5.74) is 2.55. The van der Waals surface area contributed by atoms with Crippen LogP contribution in [0.1, 0.15) is 27.2 Å². The molecule has 0 amide bonds. The van der Waals surface area contributed by atoms with Crippen LogP contribution >= 0.6 is 0 Å². The van der Waals surface area contributed by atoms with Gasteiger partial charge in [0.2, 0.25) is 5.96 Å². The van der Waals surface area contributed by atoms with Crippen LogP contribution in [0.15, 0.2) is 4.99 Å². The molecule has 0 aromatic rings. The SMILES string of the molecule is COCCN=C(NN)NC(C)CC(C)C. The van der Waals surface area contributed by atoms with E-state index in [0.29, 0.717) is 31.1 Å². The molecule has 5 nitrogen and oxygen atoms in total. The summed E-state index contributed by atoms with van der Waals surface area (Å²) in [5.74, 6) is 6.63. The number of hydrogen-bond acceptors (Lipinski definition) is 3. The van der Waals surface area contributed by atoms with E-state index in [1.54, 1.807) is 7.11 Å². The number of aliphatic imine (C=N–C) groups is 1. The molecule has 1 atom stereocenters. The van der Waals surface area contributed by atoms with E-state index in [1.807, 2.05) is 0 Å². The predicted octanol–water partition coefficient (Wildman–Crippen LogP) is 0.476. The topological polar surface area (TPSA) is 71.7 Å². The summed E-state index contributed by atoms with van der Waals surface area (Å²) in [6.07, 6.45) is 1.09. The molecule has 5 heteroatoms. The molecule has 0 aliphatic carbocycles. The van der Waals surface area contributed by atoms with Crippen LogP contribution in [-0.4, -0.2) is 32.3 Å². The fourth-order valence-corrected chi connectivity index (χ4v) is 1.38. The van der Waals surface area contributed by atoms with Crippen molar-refractivity contribution in [3.05, 3.63) is 0 Å². The molecule has 0 rings (SSSR count). The summed E-state index contributed by atoms with van der Waals surface area (Å²) in [6, 6.07) is 0.363. The van der Waals surface area contributed by atoms with Crippen molar-refractivity contribution in [1.29, 1.82) is 0 Å². The van der Waals surface area contributed by atoms with Gasteiger partial charge in [0.25, 0.3) is 0 Å². The molecule has 0 saturated carbocycles. The predicted molar refractivity (Wildman–Crippen MR) is 63.6 cm³/mol. The average molecular weight is 216 g/mol. The summed E-state index contributed by atoms with van der Waals surface area (Å²) in [6.45, 7) is 7.71. The monoisotopic (exact) mass is 216 g/mol. The number of rotatable bonds is 6. The number of methoxy groups -OCH3 is 1. The number of hydrogen-bond donors (Lipinski definition) is 3. The molecule has 0 radical (unpaired) electrons. The maximum atomic E-state index is 5.35. The lowest BCUT2D eigenvalue weighted by atomic mass is 10.1. The summed E-state index contributed by atoms with van der Waals surface area (Å²) in [5, 5.41) is 3.22. The lowest BCUT2D eigenvalue weighted by Gasteiger charge is -2.18. The molecule has 0 aliphatic rings. The quantitative estimate of drug-likeness (QED) is 0.198. The number of nitrogens with zero attached hydrogens (tertiary/aromatic N) is 1. The Hall–Kier alpha value is -0.810. The molecule has 1 unspecified atom stereocenters. The summed E-state index contributed by atoms with van der Waals surface area (Å²) < 4.78 is 4.90. The summed E-state index contributed by atoms with van der Waals surface area (Å²) in [7, 11) is 1.65. The van der Waals surface area contributed by atoms with Gasteiger partial charge in [-0.15, -0.1) is 0 Å². The van der Waals surface area contributed by atoms with Crippen molar-refractivity contribution in [3.63, 3.8) is 0 Å². The Morgan fingerprint density at radius 1 is 1.40 bits per heavy atom. The molecule has 0 bridgehead atoms. The first kappa shape index (κ1) is 14.2. The molecular weight excluding hydrogens is 192 g/mol. The third-order valence-electron chi connectivity index (χ3n) is 1.91. The van der Waals surface area contributed by atoms with Crippen LogP contribution in [0, 0.1) is 5.92 Å². The van der Waals surface area contributed by atoms with Gasteiger partial charge in [-0.1, -0.05) is 13.8 Å². The van der Waals surface area contributed by atoms with Crippen LogP contribution in [0.5, 0.6) is 0 Å². The fraction of sp³-hybridized carbons (Fsp3) is 0.900. The Balaban J connectivity index is 3.91. The maximum absolute atomic E-state index is 5.35. The van der Waals surface area contributed by atoms with Crippen molar-refractivity contribution >= 4 is 5.96 Å². The van der Waals surface area contributed by atoms with Gasteiger partial charge < -0.3 is 10.1 Å². The number of guanidine groups is 1. The van der Waals surface area contributed by atoms with Gasteiger partial charge in [0.1, 0.15) is 0 Å². The van der Waals surface area contributed by atoms with Gasteiger partial charge in [-0.2, -0.15) is 0 Å². The summed E-state index contributed by atoms with van der Waals surface area (Å²) in [4.78, 5) is 4.22. The van der Waals surface area contributed by atoms with E-state index in [9.17, 15) is 0 Å². The molecule has 0 fully saturated rings. The third kappa shape index (κ3) is 8.20. The highest BCUT2D eigenvalue weighted by Gasteiger charge is 2.06. The molecule has 0 saturated heterocycles. The zero-order valence-corrected chi connectivity index (χ0v) is 10.2. The van der Waals surface area contributed by atoms with Crippen molar-refractivity contribution < 1.29 is 4.74 Å². The smallest absolute Gasteiger partial charge is 0.206 e. The molecule has 0 aliphatic heterocycles. The van der Waals surface area contributed by atoms with Gasteiger partial charge in [-0.3, -0.25) is 5.43 Å². The highest BCUT2D eigenvalue weighted by atomic mass is 16.5. The van der Waals surface area contributed by atoms with Crippen molar-refractivity contribution in [2.24, 2.45) is 16.8 Å². The van der Waals surface area contributed by atoms with E-state index >= 15 is 0 Å². The fourth-order valence-electron chi connectivity index (χ4n) is 1.38. The molecule has 90 valence electrons. The normalized spacial score (nSPS) is 14.1. The first-order valence-electron chi connectivity index (χ1n) is 5.36. The molecule has 0 aromatic heterocycles.